The number of halogens is 1. The molecule has 70 valence electrons. The van der Waals surface area contributed by atoms with Crippen molar-refractivity contribution < 1.29 is 21.4 Å². The number of aryl methyl sites for hydroxylation is 2. The Hall–Kier alpha value is -0.830. The van der Waals surface area contributed by atoms with Crippen LogP contribution in [0.3, 0.4) is 0 Å². The highest BCUT2D eigenvalue weighted by atomic mass is 79.9. The van der Waals surface area contributed by atoms with E-state index >= 15 is 0 Å². The Morgan fingerprint density at radius 3 is 2.54 bits per heavy atom. The molecule has 0 radical (unpaired) electrons. The lowest BCUT2D eigenvalue weighted by atomic mass is 10.4. The van der Waals surface area contributed by atoms with Crippen LogP contribution in [-0.4, -0.2) is 4.57 Å². The van der Waals surface area contributed by atoms with Crippen molar-refractivity contribution in [2.75, 3.05) is 0 Å². The van der Waals surface area contributed by atoms with Gasteiger partial charge in [0.15, 0.2) is 0 Å². The molecule has 3 heteroatoms. The summed E-state index contributed by atoms with van der Waals surface area (Å²) in [5.41, 5.74) is 3.88. The van der Waals surface area contributed by atoms with Crippen molar-refractivity contribution in [2.45, 2.75) is 13.8 Å². The molecule has 13 heavy (non-hydrogen) atoms. The van der Waals surface area contributed by atoms with Gasteiger partial charge in [-0.2, -0.15) is 0 Å². The lowest BCUT2D eigenvalue weighted by Gasteiger charge is -1.86. The number of imidazole rings is 1. The molecular formula is C10H13BrN2. The monoisotopic (exact) mass is 240 g/mol. The van der Waals surface area contributed by atoms with Crippen LogP contribution < -0.4 is 21.4 Å². The molecule has 0 unspecified atom stereocenters. The molecule has 0 aromatic carbocycles. The molecular weight excluding hydrogens is 228 g/mol. The van der Waals surface area contributed by atoms with Crippen LogP contribution in [0.25, 0.3) is 5.65 Å². The number of rotatable bonds is 0. The van der Waals surface area contributed by atoms with Gasteiger partial charge in [-0.3, -0.25) is 0 Å². The molecule has 2 heterocycles. The van der Waals surface area contributed by atoms with Crippen LogP contribution in [-0.2, 0) is 7.05 Å². The Kier molecular flexibility index (Phi) is 2.76. The first kappa shape index (κ1) is 10.3. The van der Waals surface area contributed by atoms with Crippen LogP contribution in [0.15, 0.2) is 24.4 Å². The van der Waals surface area contributed by atoms with E-state index in [1.165, 1.54) is 17.0 Å². The maximum Gasteiger partial charge on any atom is 0.286 e. The zero-order chi connectivity index (χ0) is 8.72. The van der Waals surface area contributed by atoms with Gasteiger partial charge in [-0.1, -0.05) is 6.07 Å². The summed E-state index contributed by atoms with van der Waals surface area (Å²) in [6, 6.07) is 6.24. The highest BCUT2D eigenvalue weighted by Crippen LogP contribution is 2.06. The largest absolute Gasteiger partial charge is 1.00 e. The van der Waals surface area contributed by atoms with Gasteiger partial charge in [0.2, 0.25) is 0 Å². The van der Waals surface area contributed by atoms with E-state index in [2.05, 4.69) is 54.3 Å². The Morgan fingerprint density at radius 2 is 1.92 bits per heavy atom. The van der Waals surface area contributed by atoms with Crippen molar-refractivity contribution in [1.82, 2.24) is 4.57 Å². The zero-order valence-corrected chi connectivity index (χ0v) is 9.67. The van der Waals surface area contributed by atoms with Gasteiger partial charge in [0.25, 0.3) is 5.65 Å². The smallest absolute Gasteiger partial charge is 0.286 e. The molecule has 0 aliphatic carbocycles. The number of hydrogen-bond donors (Lipinski definition) is 0. The standard InChI is InChI=1S/C10H13N2.BrH/c1-8-9(2)12-7-5-4-6-10(12)11(8)3;/h4-7H,1-3H3;1H/q+1;/p-1. The van der Waals surface area contributed by atoms with Gasteiger partial charge in [-0.25, -0.2) is 8.97 Å². The highest BCUT2D eigenvalue weighted by molar-refractivity contribution is 5.33. The van der Waals surface area contributed by atoms with E-state index < -0.39 is 0 Å². The van der Waals surface area contributed by atoms with E-state index in [1.54, 1.807) is 0 Å². The summed E-state index contributed by atoms with van der Waals surface area (Å²) in [6.07, 6.45) is 2.09. The Labute approximate surface area is 88.6 Å². The predicted molar refractivity (Wildman–Crippen MR) is 48.0 cm³/mol. The first-order valence-electron chi connectivity index (χ1n) is 4.14. The van der Waals surface area contributed by atoms with Gasteiger partial charge >= 0.3 is 0 Å². The van der Waals surface area contributed by atoms with Crippen LogP contribution in [0.2, 0.25) is 0 Å². The minimum Gasteiger partial charge on any atom is -1.00 e. The maximum absolute atomic E-state index is 2.20. The fourth-order valence-corrected chi connectivity index (χ4v) is 1.58. The molecule has 2 nitrogen and oxygen atoms in total. The molecule has 2 aromatic heterocycles. The van der Waals surface area contributed by atoms with E-state index in [4.69, 9.17) is 0 Å². The SMILES string of the molecule is Cc1c(C)[n+]2ccccc2n1C.[Br-]. The average Bonchev–Trinajstić information content (AvgIpc) is 2.33. The molecule has 0 fully saturated rings. The zero-order valence-electron chi connectivity index (χ0n) is 8.08. The van der Waals surface area contributed by atoms with E-state index in [0.29, 0.717) is 0 Å². The van der Waals surface area contributed by atoms with Crippen LogP contribution in [0.4, 0.5) is 0 Å². The minimum atomic E-state index is 0. The number of hydrogen-bond acceptors (Lipinski definition) is 0. The van der Waals surface area contributed by atoms with Crippen molar-refractivity contribution in [3.63, 3.8) is 0 Å². The fourth-order valence-electron chi connectivity index (χ4n) is 1.58. The lowest BCUT2D eigenvalue weighted by Crippen LogP contribution is -3.00. The van der Waals surface area contributed by atoms with Crippen LogP contribution >= 0.6 is 0 Å². The summed E-state index contributed by atoms with van der Waals surface area (Å²) in [7, 11) is 2.09. The fraction of sp³-hybridized carbons (Fsp3) is 0.300. The lowest BCUT2D eigenvalue weighted by molar-refractivity contribution is -0.518. The second-order valence-corrected chi connectivity index (χ2v) is 3.16. The molecule has 0 atom stereocenters. The second-order valence-electron chi connectivity index (χ2n) is 3.16. The summed E-state index contributed by atoms with van der Waals surface area (Å²) in [4.78, 5) is 0. The van der Waals surface area contributed by atoms with Gasteiger partial charge in [0, 0.05) is 19.9 Å². The Balaban J connectivity index is 0.000000845. The summed E-state index contributed by atoms with van der Waals surface area (Å²) in [5.74, 6) is 0. The molecule has 2 rings (SSSR count). The van der Waals surface area contributed by atoms with Crippen LogP contribution in [0, 0.1) is 13.8 Å². The highest BCUT2D eigenvalue weighted by Gasteiger charge is 2.14. The van der Waals surface area contributed by atoms with Crippen LogP contribution in [0.1, 0.15) is 11.4 Å². The second kappa shape index (κ2) is 3.50. The third-order valence-corrected chi connectivity index (χ3v) is 2.57. The molecule has 2 aromatic rings. The number of fused-ring (bicyclic) bond motifs is 1. The van der Waals surface area contributed by atoms with Gasteiger partial charge in [-0.05, 0) is 6.07 Å². The quantitative estimate of drug-likeness (QED) is 0.491. The van der Waals surface area contributed by atoms with Gasteiger partial charge in [0.1, 0.15) is 11.4 Å². The molecule has 0 aliphatic rings. The van der Waals surface area contributed by atoms with E-state index in [9.17, 15) is 0 Å². The number of nitrogens with zero attached hydrogens (tertiary/aromatic N) is 2. The van der Waals surface area contributed by atoms with Crippen molar-refractivity contribution in [3.8, 4) is 0 Å². The normalized spacial score (nSPS) is 10.1. The summed E-state index contributed by atoms with van der Waals surface area (Å²) in [6.45, 7) is 4.28. The van der Waals surface area contributed by atoms with Crippen LogP contribution in [0.5, 0.6) is 0 Å². The number of pyridine rings is 1. The topological polar surface area (TPSA) is 9.03 Å². The van der Waals surface area contributed by atoms with Gasteiger partial charge < -0.3 is 17.0 Å². The number of aromatic nitrogens is 2. The minimum absolute atomic E-state index is 0. The molecule has 0 aliphatic heterocycles. The first-order valence-corrected chi connectivity index (χ1v) is 4.14. The van der Waals surface area contributed by atoms with E-state index in [0.717, 1.165) is 0 Å². The van der Waals surface area contributed by atoms with E-state index in [-0.39, 0.29) is 17.0 Å². The summed E-state index contributed by atoms with van der Waals surface area (Å²) < 4.78 is 4.41. The maximum atomic E-state index is 2.20. The van der Waals surface area contributed by atoms with E-state index in [1.807, 2.05) is 0 Å². The van der Waals surface area contributed by atoms with Crippen molar-refractivity contribution >= 4 is 5.65 Å². The molecule has 0 amide bonds. The Morgan fingerprint density at radius 1 is 1.23 bits per heavy atom. The van der Waals surface area contributed by atoms with Crippen molar-refractivity contribution in [3.05, 3.63) is 35.8 Å². The molecule has 0 saturated heterocycles. The average molecular weight is 241 g/mol. The van der Waals surface area contributed by atoms with Gasteiger partial charge in [-0.15, -0.1) is 0 Å². The molecule has 0 N–H and O–H groups in total. The third-order valence-electron chi connectivity index (χ3n) is 2.57. The molecule has 0 bridgehead atoms. The molecule has 0 spiro atoms. The third kappa shape index (κ3) is 1.37. The van der Waals surface area contributed by atoms with Gasteiger partial charge in [0.05, 0.1) is 13.2 Å². The van der Waals surface area contributed by atoms with Crippen molar-refractivity contribution in [1.29, 1.82) is 0 Å². The predicted octanol–water partition coefficient (Wildman–Crippen LogP) is -1.62. The molecule has 0 saturated carbocycles. The first-order chi connectivity index (χ1) is 5.72. The summed E-state index contributed by atoms with van der Waals surface area (Å²) >= 11 is 0. The van der Waals surface area contributed by atoms with Crippen molar-refractivity contribution in [2.24, 2.45) is 7.05 Å². The summed E-state index contributed by atoms with van der Waals surface area (Å²) in [5, 5.41) is 0. The Bertz CT molecular complexity index is 393.